The molecule has 1 aromatic carbocycles. The van der Waals surface area contributed by atoms with Crippen LogP contribution in [0.3, 0.4) is 0 Å². The summed E-state index contributed by atoms with van der Waals surface area (Å²) in [5.41, 5.74) is 7.61. The van der Waals surface area contributed by atoms with Crippen molar-refractivity contribution in [2.75, 3.05) is 17.7 Å². The lowest BCUT2D eigenvalue weighted by Crippen LogP contribution is -2.05. The van der Waals surface area contributed by atoms with Crippen LogP contribution >= 0.6 is 0 Å². The van der Waals surface area contributed by atoms with Gasteiger partial charge in [-0.05, 0) is 24.6 Å². The second-order valence-corrected chi connectivity index (χ2v) is 4.39. The predicted octanol–water partition coefficient (Wildman–Crippen LogP) is 2.40. The Morgan fingerprint density at radius 3 is 2.71 bits per heavy atom. The molecule has 0 fully saturated rings. The fourth-order valence-electron chi connectivity index (χ4n) is 1.78. The Balaban J connectivity index is 2.11. The van der Waals surface area contributed by atoms with E-state index in [9.17, 15) is 0 Å². The molecule has 0 unspecified atom stereocenters. The molecular formula is C15H17N5O. The molecule has 1 heterocycles. The van der Waals surface area contributed by atoms with Gasteiger partial charge in [0, 0.05) is 18.4 Å². The maximum absolute atomic E-state index is 8.65. The van der Waals surface area contributed by atoms with Crippen molar-refractivity contribution in [3.63, 3.8) is 0 Å². The number of nitriles is 1. The first-order chi connectivity index (χ1) is 10.2. The van der Waals surface area contributed by atoms with Crippen molar-refractivity contribution in [3.05, 3.63) is 41.7 Å². The highest BCUT2D eigenvalue weighted by Gasteiger charge is 2.03. The van der Waals surface area contributed by atoms with Crippen LogP contribution in [0.2, 0.25) is 0 Å². The summed E-state index contributed by atoms with van der Waals surface area (Å²) in [7, 11) is 0. The first kappa shape index (κ1) is 14.8. The fraction of sp³-hybridized carbons (Fsp3) is 0.267. The van der Waals surface area contributed by atoms with Crippen molar-refractivity contribution in [2.24, 2.45) is 0 Å². The summed E-state index contributed by atoms with van der Waals surface area (Å²) in [5.74, 6) is 1.55. The second kappa shape index (κ2) is 7.22. The van der Waals surface area contributed by atoms with Crippen LogP contribution in [-0.4, -0.2) is 16.6 Å². The first-order valence-corrected chi connectivity index (χ1v) is 6.65. The Hall–Kier alpha value is -2.65. The number of nitrogens with two attached hydrogens (primary N) is 1. The molecule has 0 saturated carbocycles. The van der Waals surface area contributed by atoms with Crippen LogP contribution in [0.1, 0.15) is 18.3 Å². The average Bonchev–Trinajstić information content (AvgIpc) is 2.47. The van der Waals surface area contributed by atoms with E-state index in [0.717, 1.165) is 11.3 Å². The lowest BCUT2D eigenvalue weighted by Gasteiger charge is -2.09. The molecular weight excluding hydrogens is 266 g/mol. The summed E-state index contributed by atoms with van der Waals surface area (Å²) in [6.07, 6.45) is 0.402. The number of nitrogens with zero attached hydrogens (tertiary/aromatic N) is 3. The van der Waals surface area contributed by atoms with Gasteiger partial charge in [-0.2, -0.15) is 5.26 Å². The molecule has 108 valence electrons. The van der Waals surface area contributed by atoms with Gasteiger partial charge in [0.2, 0.25) is 0 Å². The zero-order chi connectivity index (χ0) is 15.1. The topological polar surface area (TPSA) is 96.9 Å². The third kappa shape index (κ3) is 4.44. The van der Waals surface area contributed by atoms with Crippen LogP contribution in [0.15, 0.2) is 30.3 Å². The summed E-state index contributed by atoms with van der Waals surface area (Å²) in [4.78, 5) is 8.46. The quantitative estimate of drug-likeness (QED) is 0.845. The van der Waals surface area contributed by atoms with E-state index in [0.29, 0.717) is 37.1 Å². The summed E-state index contributed by atoms with van der Waals surface area (Å²) < 4.78 is 5.28. The van der Waals surface area contributed by atoms with Crippen LogP contribution in [0, 0.1) is 11.3 Å². The van der Waals surface area contributed by atoms with E-state index in [2.05, 4.69) is 21.4 Å². The van der Waals surface area contributed by atoms with Gasteiger partial charge in [0.1, 0.15) is 18.2 Å². The van der Waals surface area contributed by atoms with Gasteiger partial charge in [-0.3, -0.25) is 0 Å². The van der Waals surface area contributed by atoms with Crippen LogP contribution in [0.4, 0.5) is 17.3 Å². The number of ether oxygens (including phenoxy) is 1. The van der Waals surface area contributed by atoms with E-state index >= 15 is 0 Å². The summed E-state index contributed by atoms with van der Waals surface area (Å²) >= 11 is 0. The number of hydrogen-bond acceptors (Lipinski definition) is 6. The standard InChI is InChI=1S/C15H17N5O/c1-2-21-10-15-19-13(17)9-14(20-15)18-12-5-3-11(4-6-12)7-8-16/h3-6,9H,2,7,10H2,1H3,(H3,17,18,19,20). The third-order valence-electron chi connectivity index (χ3n) is 2.74. The maximum atomic E-state index is 8.65. The Morgan fingerprint density at radius 2 is 2.05 bits per heavy atom. The Morgan fingerprint density at radius 1 is 1.29 bits per heavy atom. The minimum atomic E-state index is 0.331. The first-order valence-electron chi connectivity index (χ1n) is 6.65. The van der Waals surface area contributed by atoms with E-state index in [1.54, 1.807) is 6.07 Å². The molecule has 0 saturated heterocycles. The number of hydrogen-bond donors (Lipinski definition) is 2. The Kier molecular flexibility index (Phi) is 5.07. The molecule has 0 spiro atoms. The molecule has 0 aliphatic carbocycles. The van der Waals surface area contributed by atoms with E-state index in [4.69, 9.17) is 15.7 Å². The predicted molar refractivity (Wildman–Crippen MR) is 80.8 cm³/mol. The monoisotopic (exact) mass is 283 g/mol. The summed E-state index contributed by atoms with van der Waals surface area (Å²) in [5, 5.41) is 11.8. The molecule has 21 heavy (non-hydrogen) atoms. The zero-order valence-electron chi connectivity index (χ0n) is 11.8. The zero-order valence-corrected chi connectivity index (χ0v) is 11.8. The van der Waals surface area contributed by atoms with E-state index in [-0.39, 0.29) is 0 Å². The number of nitrogen functional groups attached to an aromatic ring is 1. The number of nitrogens with one attached hydrogen (secondary N) is 1. The Labute approximate surface area is 123 Å². The molecule has 0 aliphatic heterocycles. The smallest absolute Gasteiger partial charge is 0.158 e. The van der Waals surface area contributed by atoms with Crippen molar-refractivity contribution >= 4 is 17.3 Å². The molecule has 0 atom stereocenters. The van der Waals surface area contributed by atoms with Crippen molar-refractivity contribution in [3.8, 4) is 6.07 Å². The molecule has 0 aliphatic rings. The van der Waals surface area contributed by atoms with Gasteiger partial charge in [-0.25, -0.2) is 9.97 Å². The molecule has 6 nitrogen and oxygen atoms in total. The SMILES string of the molecule is CCOCc1nc(N)cc(Nc2ccc(CC#N)cc2)n1. The number of anilines is 3. The minimum absolute atomic E-state index is 0.331. The molecule has 2 rings (SSSR count). The Bertz CT molecular complexity index is 634. The molecule has 0 amide bonds. The molecule has 0 bridgehead atoms. The highest BCUT2D eigenvalue weighted by molar-refractivity contribution is 5.58. The number of benzene rings is 1. The van der Waals surface area contributed by atoms with Crippen LogP contribution in [0.25, 0.3) is 0 Å². The highest BCUT2D eigenvalue weighted by atomic mass is 16.5. The molecule has 0 radical (unpaired) electrons. The van der Waals surface area contributed by atoms with Gasteiger partial charge in [0.25, 0.3) is 0 Å². The molecule has 3 N–H and O–H groups in total. The fourth-order valence-corrected chi connectivity index (χ4v) is 1.78. The number of rotatable bonds is 6. The largest absolute Gasteiger partial charge is 0.384 e. The lowest BCUT2D eigenvalue weighted by molar-refractivity contribution is 0.128. The van der Waals surface area contributed by atoms with E-state index in [1.165, 1.54) is 0 Å². The normalized spacial score (nSPS) is 10.1. The second-order valence-electron chi connectivity index (χ2n) is 4.39. The van der Waals surface area contributed by atoms with Crippen molar-refractivity contribution in [2.45, 2.75) is 20.0 Å². The maximum Gasteiger partial charge on any atom is 0.158 e. The molecule has 1 aromatic heterocycles. The molecule has 6 heteroatoms. The van der Waals surface area contributed by atoms with Crippen LogP contribution < -0.4 is 11.1 Å². The van der Waals surface area contributed by atoms with Gasteiger partial charge < -0.3 is 15.8 Å². The van der Waals surface area contributed by atoms with Gasteiger partial charge in [0.05, 0.1) is 12.5 Å². The van der Waals surface area contributed by atoms with Crippen molar-refractivity contribution in [1.82, 2.24) is 9.97 Å². The van der Waals surface area contributed by atoms with Gasteiger partial charge in [0.15, 0.2) is 5.82 Å². The van der Waals surface area contributed by atoms with E-state index < -0.39 is 0 Å². The van der Waals surface area contributed by atoms with Gasteiger partial charge in [-0.1, -0.05) is 12.1 Å². The van der Waals surface area contributed by atoms with Crippen molar-refractivity contribution < 1.29 is 4.74 Å². The average molecular weight is 283 g/mol. The third-order valence-corrected chi connectivity index (χ3v) is 2.74. The number of aromatic nitrogens is 2. The molecule has 2 aromatic rings. The highest BCUT2D eigenvalue weighted by Crippen LogP contribution is 2.17. The lowest BCUT2D eigenvalue weighted by atomic mass is 10.1. The van der Waals surface area contributed by atoms with Crippen LogP contribution in [-0.2, 0) is 17.8 Å². The van der Waals surface area contributed by atoms with Gasteiger partial charge in [-0.15, -0.1) is 0 Å². The van der Waals surface area contributed by atoms with E-state index in [1.807, 2.05) is 31.2 Å². The van der Waals surface area contributed by atoms with Crippen LogP contribution in [0.5, 0.6) is 0 Å². The summed E-state index contributed by atoms with van der Waals surface area (Å²) in [6.45, 7) is 2.84. The van der Waals surface area contributed by atoms with Gasteiger partial charge >= 0.3 is 0 Å². The summed E-state index contributed by atoms with van der Waals surface area (Å²) in [6, 6.07) is 11.4. The minimum Gasteiger partial charge on any atom is -0.384 e. The van der Waals surface area contributed by atoms with Crippen molar-refractivity contribution in [1.29, 1.82) is 5.26 Å².